The van der Waals surface area contributed by atoms with Gasteiger partial charge in [0.05, 0.1) is 11.3 Å². The van der Waals surface area contributed by atoms with Gasteiger partial charge in [0.25, 0.3) is 0 Å². The number of aromatic nitrogens is 1. The number of esters is 1. The Morgan fingerprint density at radius 3 is 2.60 bits per heavy atom. The molecular weight excluding hydrogens is 435 g/mol. The minimum atomic E-state index is -3.53. The van der Waals surface area contributed by atoms with Crippen molar-refractivity contribution in [1.82, 2.24) is 8.87 Å². The molecule has 1 aliphatic heterocycles. The summed E-state index contributed by atoms with van der Waals surface area (Å²) in [7, 11) is -3.53. The van der Waals surface area contributed by atoms with Crippen LogP contribution < -0.4 is 0 Å². The first-order valence-corrected chi connectivity index (χ1v) is 11.5. The Hall–Kier alpha value is -2.23. The van der Waals surface area contributed by atoms with Gasteiger partial charge in [-0.2, -0.15) is 4.31 Å². The van der Waals surface area contributed by atoms with Gasteiger partial charge in [-0.25, -0.2) is 12.8 Å². The van der Waals surface area contributed by atoms with Gasteiger partial charge in [-0.15, -0.1) is 0 Å². The zero-order chi connectivity index (χ0) is 22.2. The predicted octanol–water partition coefficient (Wildman–Crippen LogP) is 3.04. The average Bonchev–Trinajstić information content (AvgIpc) is 3.27. The number of nitrogens with zero attached hydrogens (tertiary/aromatic N) is 2. The summed E-state index contributed by atoms with van der Waals surface area (Å²) in [4.78, 5) is 25.0. The van der Waals surface area contributed by atoms with E-state index in [1.54, 1.807) is 30.5 Å². The first-order chi connectivity index (χ1) is 14.0. The van der Waals surface area contributed by atoms with E-state index in [0.29, 0.717) is 29.8 Å². The second-order valence-corrected chi connectivity index (χ2v) is 9.62. The summed E-state index contributed by atoms with van der Waals surface area (Å²) in [6.45, 7) is 3.27. The Morgan fingerprint density at radius 2 is 1.97 bits per heavy atom. The standard InChI is InChI=1S/C20H22ClFN2O5S/c1-12-9-15(13(2)24(12)14-6-7-17(22)16(21)10-14)19(25)11-29-20(26)18-5-4-8-23(18)30(3,27)28/h6-7,9-10,18H,4-5,8,11H2,1-3H3/t18-/m0/s1. The highest BCUT2D eigenvalue weighted by Gasteiger charge is 2.37. The number of sulfonamides is 1. The quantitative estimate of drug-likeness (QED) is 0.492. The van der Waals surface area contributed by atoms with Crippen molar-refractivity contribution in [3.63, 3.8) is 0 Å². The SMILES string of the molecule is Cc1cc(C(=O)COC(=O)[C@@H]2CCCN2S(C)(=O)=O)c(C)n1-c1ccc(F)c(Cl)c1. The third kappa shape index (κ3) is 4.43. The van der Waals surface area contributed by atoms with Crippen LogP contribution in [0, 0.1) is 19.7 Å². The first kappa shape index (κ1) is 22.5. The van der Waals surface area contributed by atoms with Crippen molar-refractivity contribution in [1.29, 1.82) is 0 Å². The van der Waals surface area contributed by atoms with Crippen molar-refractivity contribution >= 4 is 33.4 Å². The van der Waals surface area contributed by atoms with Crippen LogP contribution in [-0.2, 0) is 19.6 Å². The smallest absolute Gasteiger partial charge is 0.324 e. The van der Waals surface area contributed by atoms with Gasteiger partial charge in [-0.1, -0.05) is 11.6 Å². The molecule has 0 unspecified atom stereocenters. The van der Waals surface area contributed by atoms with Gasteiger partial charge < -0.3 is 9.30 Å². The molecule has 2 heterocycles. The van der Waals surface area contributed by atoms with Crippen LogP contribution in [0.1, 0.15) is 34.6 Å². The molecule has 7 nitrogen and oxygen atoms in total. The molecule has 0 spiro atoms. The van der Waals surface area contributed by atoms with Crippen molar-refractivity contribution in [3.05, 3.63) is 52.1 Å². The maximum atomic E-state index is 13.5. The number of hydrogen-bond donors (Lipinski definition) is 0. The van der Waals surface area contributed by atoms with E-state index in [4.69, 9.17) is 16.3 Å². The predicted molar refractivity (Wildman–Crippen MR) is 110 cm³/mol. The lowest BCUT2D eigenvalue weighted by Crippen LogP contribution is -2.41. The van der Waals surface area contributed by atoms with Crippen LogP contribution in [-0.4, -0.2) is 54.5 Å². The van der Waals surface area contributed by atoms with Crippen LogP contribution in [0.3, 0.4) is 0 Å². The summed E-state index contributed by atoms with van der Waals surface area (Å²) < 4.78 is 45.0. The van der Waals surface area contributed by atoms with Gasteiger partial charge in [0, 0.05) is 29.2 Å². The first-order valence-electron chi connectivity index (χ1n) is 9.31. The second-order valence-electron chi connectivity index (χ2n) is 7.28. The number of rotatable bonds is 6. The number of halogens is 2. The Balaban J connectivity index is 1.75. The van der Waals surface area contributed by atoms with E-state index in [0.717, 1.165) is 16.3 Å². The highest BCUT2D eigenvalue weighted by Crippen LogP contribution is 2.25. The van der Waals surface area contributed by atoms with Gasteiger partial charge in [0.15, 0.2) is 6.61 Å². The van der Waals surface area contributed by atoms with Crippen molar-refractivity contribution in [2.45, 2.75) is 32.7 Å². The maximum Gasteiger partial charge on any atom is 0.324 e. The number of ether oxygens (including phenoxy) is 1. The van der Waals surface area contributed by atoms with Crippen molar-refractivity contribution < 1.29 is 27.1 Å². The van der Waals surface area contributed by atoms with E-state index in [9.17, 15) is 22.4 Å². The van der Waals surface area contributed by atoms with E-state index in [-0.39, 0.29) is 11.6 Å². The summed E-state index contributed by atoms with van der Waals surface area (Å²) in [5, 5.41) is -0.0335. The molecular formula is C20H22ClFN2O5S. The molecule has 0 bridgehead atoms. The number of benzene rings is 1. The third-order valence-corrected chi connectivity index (χ3v) is 6.72. The normalized spacial score (nSPS) is 17.3. The Labute approximate surface area is 179 Å². The zero-order valence-corrected chi connectivity index (χ0v) is 18.4. The fourth-order valence-corrected chi connectivity index (χ4v) is 5.04. The second kappa shape index (κ2) is 8.49. The lowest BCUT2D eigenvalue weighted by molar-refractivity contribution is -0.146. The molecule has 1 aromatic heterocycles. The van der Waals surface area contributed by atoms with Gasteiger partial charge in [0.2, 0.25) is 15.8 Å². The molecule has 30 heavy (non-hydrogen) atoms. The van der Waals surface area contributed by atoms with Gasteiger partial charge >= 0.3 is 5.97 Å². The lowest BCUT2D eigenvalue weighted by Gasteiger charge is -2.20. The van der Waals surface area contributed by atoms with Gasteiger partial charge in [-0.05, 0) is 51.0 Å². The Bertz CT molecular complexity index is 1110. The topological polar surface area (TPSA) is 85.7 Å². The van der Waals surface area contributed by atoms with Crippen LogP contribution in [0.15, 0.2) is 24.3 Å². The van der Waals surface area contributed by atoms with E-state index in [2.05, 4.69) is 0 Å². The minimum absolute atomic E-state index is 0.0335. The van der Waals surface area contributed by atoms with Gasteiger partial charge in [-0.3, -0.25) is 9.59 Å². The molecule has 1 aromatic carbocycles. The van der Waals surface area contributed by atoms with E-state index in [1.165, 1.54) is 12.1 Å². The minimum Gasteiger partial charge on any atom is -0.456 e. The van der Waals surface area contributed by atoms with Crippen LogP contribution >= 0.6 is 11.6 Å². The van der Waals surface area contributed by atoms with Crippen LogP contribution in [0.4, 0.5) is 4.39 Å². The molecule has 0 amide bonds. The molecule has 0 saturated carbocycles. The Morgan fingerprint density at radius 1 is 1.27 bits per heavy atom. The molecule has 1 atom stereocenters. The van der Waals surface area contributed by atoms with Crippen LogP contribution in [0.5, 0.6) is 0 Å². The molecule has 2 aromatic rings. The highest BCUT2D eigenvalue weighted by molar-refractivity contribution is 7.88. The summed E-state index contributed by atoms with van der Waals surface area (Å²) in [6.07, 6.45) is 1.96. The zero-order valence-electron chi connectivity index (χ0n) is 16.8. The number of carbonyl (C=O) groups is 2. The molecule has 1 fully saturated rings. The molecule has 162 valence electrons. The third-order valence-electron chi connectivity index (χ3n) is 5.14. The highest BCUT2D eigenvalue weighted by atomic mass is 35.5. The molecule has 10 heteroatoms. The molecule has 0 radical (unpaired) electrons. The maximum absolute atomic E-state index is 13.5. The number of Topliss-reactive ketones (excluding diaryl/α,β-unsaturated/α-hetero) is 1. The van der Waals surface area contributed by atoms with E-state index in [1.807, 2.05) is 0 Å². The van der Waals surface area contributed by atoms with Crippen molar-refractivity contribution in [2.75, 3.05) is 19.4 Å². The molecule has 3 rings (SSSR count). The summed E-state index contributed by atoms with van der Waals surface area (Å²) >= 11 is 5.87. The monoisotopic (exact) mass is 456 g/mol. The molecule has 0 aliphatic carbocycles. The number of aryl methyl sites for hydroxylation is 1. The summed E-state index contributed by atoms with van der Waals surface area (Å²) in [6, 6.07) is 5.01. The molecule has 0 N–H and O–H groups in total. The molecule has 1 aliphatic rings. The summed E-state index contributed by atoms with van der Waals surface area (Å²) in [5.41, 5.74) is 2.27. The summed E-state index contributed by atoms with van der Waals surface area (Å²) in [5.74, 6) is -1.69. The largest absolute Gasteiger partial charge is 0.456 e. The average molecular weight is 457 g/mol. The number of ketones is 1. The van der Waals surface area contributed by atoms with E-state index < -0.39 is 40.2 Å². The van der Waals surface area contributed by atoms with Crippen molar-refractivity contribution in [2.24, 2.45) is 0 Å². The Kier molecular flexibility index (Phi) is 6.35. The van der Waals surface area contributed by atoms with Gasteiger partial charge in [0.1, 0.15) is 11.9 Å². The number of carbonyl (C=O) groups excluding carboxylic acids is 2. The van der Waals surface area contributed by atoms with Crippen LogP contribution in [0.25, 0.3) is 5.69 Å². The lowest BCUT2D eigenvalue weighted by atomic mass is 10.1. The van der Waals surface area contributed by atoms with E-state index >= 15 is 0 Å². The fourth-order valence-electron chi connectivity index (χ4n) is 3.75. The van der Waals surface area contributed by atoms with Crippen molar-refractivity contribution in [3.8, 4) is 5.69 Å². The molecule has 1 saturated heterocycles. The fraction of sp³-hybridized carbons (Fsp3) is 0.400. The van der Waals surface area contributed by atoms with Crippen LogP contribution in [0.2, 0.25) is 5.02 Å². The number of hydrogen-bond acceptors (Lipinski definition) is 5.